The van der Waals surface area contributed by atoms with E-state index in [2.05, 4.69) is 10.3 Å². The Morgan fingerprint density at radius 3 is 2.90 bits per heavy atom. The van der Waals surface area contributed by atoms with Gasteiger partial charge in [0.25, 0.3) is 5.91 Å². The van der Waals surface area contributed by atoms with Gasteiger partial charge in [-0.3, -0.25) is 4.79 Å². The van der Waals surface area contributed by atoms with Crippen LogP contribution >= 0.6 is 11.6 Å². The van der Waals surface area contributed by atoms with Gasteiger partial charge in [-0.2, -0.15) is 0 Å². The van der Waals surface area contributed by atoms with Gasteiger partial charge in [-0.05, 0) is 43.2 Å². The molecule has 20 heavy (non-hydrogen) atoms. The van der Waals surface area contributed by atoms with Crippen LogP contribution in [0.25, 0.3) is 0 Å². The molecule has 2 rings (SSSR count). The summed E-state index contributed by atoms with van der Waals surface area (Å²) in [5.41, 5.74) is 2.15. The summed E-state index contributed by atoms with van der Waals surface area (Å²) in [7, 11) is 0. The monoisotopic (exact) mass is 290 g/mol. The summed E-state index contributed by atoms with van der Waals surface area (Å²) in [6, 6.07) is 8.96. The van der Waals surface area contributed by atoms with Crippen LogP contribution in [0.5, 0.6) is 5.75 Å². The van der Waals surface area contributed by atoms with Crippen LogP contribution in [0, 0.1) is 13.8 Å². The molecule has 0 bridgehead atoms. The van der Waals surface area contributed by atoms with Gasteiger partial charge in [0.15, 0.2) is 6.61 Å². The summed E-state index contributed by atoms with van der Waals surface area (Å²) in [5.74, 6) is 0.840. The number of aromatic nitrogens is 1. The second-order valence-electron chi connectivity index (χ2n) is 4.39. The number of hydrogen-bond donors (Lipinski definition) is 1. The van der Waals surface area contributed by atoms with Crippen molar-refractivity contribution in [3.8, 4) is 5.75 Å². The molecular formula is C15H15ClN2O2. The third-order valence-corrected chi connectivity index (χ3v) is 3.14. The van der Waals surface area contributed by atoms with Crippen LogP contribution in [-0.4, -0.2) is 17.5 Å². The molecule has 0 aliphatic carbocycles. The summed E-state index contributed by atoms with van der Waals surface area (Å²) in [6.07, 6.45) is 1.53. The first-order valence-corrected chi connectivity index (χ1v) is 6.54. The number of nitrogens with one attached hydrogen (secondary N) is 1. The lowest BCUT2D eigenvalue weighted by Crippen LogP contribution is -2.21. The van der Waals surface area contributed by atoms with Crippen molar-refractivity contribution in [2.24, 2.45) is 0 Å². The van der Waals surface area contributed by atoms with Gasteiger partial charge in [-0.15, -0.1) is 0 Å². The molecule has 104 valence electrons. The van der Waals surface area contributed by atoms with Crippen LogP contribution in [0.2, 0.25) is 5.02 Å². The second kappa shape index (κ2) is 6.39. The minimum Gasteiger partial charge on any atom is -0.483 e. The molecule has 0 saturated carbocycles. The number of aryl methyl sites for hydroxylation is 1. The smallest absolute Gasteiger partial charge is 0.263 e. The average molecular weight is 291 g/mol. The molecule has 1 aromatic carbocycles. The summed E-state index contributed by atoms with van der Waals surface area (Å²) in [4.78, 5) is 15.8. The standard InChI is InChI=1S/C15H15ClN2O2/c1-10-4-3-5-13(11(10)2)20-9-15(19)18-14-8-12(16)6-7-17-14/h3-8H,9H2,1-2H3,(H,17,18,19). The zero-order chi connectivity index (χ0) is 14.5. The molecule has 5 heteroatoms. The van der Waals surface area contributed by atoms with Crippen LogP contribution in [0.15, 0.2) is 36.5 Å². The zero-order valence-corrected chi connectivity index (χ0v) is 12.1. The van der Waals surface area contributed by atoms with E-state index in [0.717, 1.165) is 11.1 Å². The third kappa shape index (κ3) is 3.71. The molecule has 1 aromatic heterocycles. The Bertz CT molecular complexity index is 629. The predicted octanol–water partition coefficient (Wildman–Crippen LogP) is 3.37. The van der Waals surface area contributed by atoms with Gasteiger partial charge in [0, 0.05) is 11.2 Å². The largest absolute Gasteiger partial charge is 0.483 e. The Kier molecular flexibility index (Phi) is 4.58. The van der Waals surface area contributed by atoms with Gasteiger partial charge in [0.05, 0.1) is 0 Å². The van der Waals surface area contributed by atoms with E-state index in [4.69, 9.17) is 16.3 Å². The van der Waals surface area contributed by atoms with Gasteiger partial charge in [0.1, 0.15) is 11.6 Å². The lowest BCUT2D eigenvalue weighted by atomic mass is 10.1. The fourth-order valence-corrected chi connectivity index (χ4v) is 1.84. The lowest BCUT2D eigenvalue weighted by molar-refractivity contribution is -0.118. The normalized spacial score (nSPS) is 10.2. The number of amides is 1. The highest BCUT2D eigenvalue weighted by Gasteiger charge is 2.07. The number of halogens is 1. The van der Waals surface area contributed by atoms with E-state index < -0.39 is 0 Å². The number of ether oxygens (including phenoxy) is 1. The van der Waals surface area contributed by atoms with Crippen molar-refractivity contribution < 1.29 is 9.53 Å². The number of benzene rings is 1. The molecule has 1 amide bonds. The third-order valence-electron chi connectivity index (χ3n) is 2.90. The summed E-state index contributed by atoms with van der Waals surface area (Å²) >= 11 is 5.82. The molecule has 1 heterocycles. The second-order valence-corrected chi connectivity index (χ2v) is 4.83. The van der Waals surface area contributed by atoms with Crippen molar-refractivity contribution in [2.75, 3.05) is 11.9 Å². The molecule has 0 fully saturated rings. The highest BCUT2D eigenvalue weighted by Crippen LogP contribution is 2.20. The van der Waals surface area contributed by atoms with E-state index in [-0.39, 0.29) is 12.5 Å². The van der Waals surface area contributed by atoms with Crippen LogP contribution in [0.3, 0.4) is 0 Å². The van der Waals surface area contributed by atoms with Crippen LogP contribution < -0.4 is 10.1 Å². The van der Waals surface area contributed by atoms with Crippen molar-refractivity contribution in [1.29, 1.82) is 0 Å². The average Bonchev–Trinajstić information content (AvgIpc) is 2.40. The zero-order valence-electron chi connectivity index (χ0n) is 11.3. The first-order chi connectivity index (χ1) is 9.56. The first-order valence-electron chi connectivity index (χ1n) is 6.16. The molecule has 4 nitrogen and oxygen atoms in total. The van der Waals surface area contributed by atoms with Gasteiger partial charge < -0.3 is 10.1 Å². The minimum atomic E-state index is -0.277. The van der Waals surface area contributed by atoms with E-state index in [1.165, 1.54) is 6.20 Å². The molecule has 0 saturated heterocycles. The minimum absolute atomic E-state index is 0.0709. The number of hydrogen-bond acceptors (Lipinski definition) is 3. The van der Waals surface area contributed by atoms with Crippen molar-refractivity contribution >= 4 is 23.3 Å². The Hall–Kier alpha value is -2.07. The maximum Gasteiger partial charge on any atom is 0.263 e. The predicted molar refractivity (Wildman–Crippen MR) is 79.3 cm³/mol. The number of carbonyl (C=O) groups is 1. The number of pyridine rings is 1. The molecule has 0 aliphatic heterocycles. The number of rotatable bonds is 4. The van der Waals surface area contributed by atoms with Crippen LogP contribution in [0.4, 0.5) is 5.82 Å². The molecule has 1 N–H and O–H groups in total. The van der Waals surface area contributed by atoms with E-state index in [9.17, 15) is 4.79 Å². The van der Waals surface area contributed by atoms with Crippen molar-refractivity contribution in [1.82, 2.24) is 4.98 Å². The highest BCUT2D eigenvalue weighted by atomic mass is 35.5. The fraction of sp³-hybridized carbons (Fsp3) is 0.200. The number of anilines is 1. The van der Waals surface area contributed by atoms with E-state index >= 15 is 0 Å². The number of carbonyl (C=O) groups excluding carboxylic acids is 1. The Labute approximate surface area is 122 Å². The molecule has 0 radical (unpaired) electrons. The van der Waals surface area contributed by atoms with E-state index in [0.29, 0.717) is 16.6 Å². The lowest BCUT2D eigenvalue weighted by Gasteiger charge is -2.10. The van der Waals surface area contributed by atoms with Crippen LogP contribution in [-0.2, 0) is 4.79 Å². The van der Waals surface area contributed by atoms with Crippen molar-refractivity contribution in [3.05, 3.63) is 52.7 Å². The Morgan fingerprint density at radius 2 is 2.15 bits per heavy atom. The first kappa shape index (κ1) is 14.3. The Morgan fingerprint density at radius 1 is 1.35 bits per heavy atom. The summed E-state index contributed by atoms with van der Waals surface area (Å²) in [5, 5.41) is 3.15. The Balaban J connectivity index is 1.94. The molecule has 2 aromatic rings. The quantitative estimate of drug-likeness (QED) is 0.939. The summed E-state index contributed by atoms with van der Waals surface area (Å²) in [6.45, 7) is 3.89. The van der Waals surface area contributed by atoms with Gasteiger partial charge >= 0.3 is 0 Å². The van der Waals surface area contributed by atoms with E-state index in [1.807, 2.05) is 32.0 Å². The van der Waals surface area contributed by atoms with Gasteiger partial charge in [0.2, 0.25) is 0 Å². The van der Waals surface area contributed by atoms with Gasteiger partial charge in [-0.1, -0.05) is 23.7 Å². The topological polar surface area (TPSA) is 51.2 Å². The highest BCUT2D eigenvalue weighted by molar-refractivity contribution is 6.30. The van der Waals surface area contributed by atoms with E-state index in [1.54, 1.807) is 12.1 Å². The number of nitrogens with zero attached hydrogens (tertiary/aromatic N) is 1. The molecular weight excluding hydrogens is 276 g/mol. The summed E-state index contributed by atoms with van der Waals surface area (Å²) < 4.78 is 5.51. The molecule has 0 atom stereocenters. The van der Waals surface area contributed by atoms with Crippen molar-refractivity contribution in [3.63, 3.8) is 0 Å². The van der Waals surface area contributed by atoms with Crippen molar-refractivity contribution in [2.45, 2.75) is 13.8 Å². The molecule has 0 aliphatic rings. The molecule has 0 unspecified atom stereocenters. The van der Waals surface area contributed by atoms with Crippen LogP contribution in [0.1, 0.15) is 11.1 Å². The fourth-order valence-electron chi connectivity index (χ4n) is 1.68. The maximum absolute atomic E-state index is 11.8. The maximum atomic E-state index is 11.8. The SMILES string of the molecule is Cc1cccc(OCC(=O)Nc2cc(Cl)ccn2)c1C. The van der Waals surface area contributed by atoms with Gasteiger partial charge in [-0.25, -0.2) is 4.98 Å². The molecule has 0 spiro atoms.